The summed E-state index contributed by atoms with van der Waals surface area (Å²) in [5.74, 6) is 0.814. The van der Waals surface area contributed by atoms with Gasteiger partial charge in [0, 0.05) is 24.6 Å². The van der Waals surface area contributed by atoms with Crippen molar-refractivity contribution in [3.8, 4) is 0 Å². The number of benzene rings is 2. The summed E-state index contributed by atoms with van der Waals surface area (Å²) in [7, 11) is 0. The molecule has 0 atom stereocenters. The van der Waals surface area contributed by atoms with E-state index in [0.29, 0.717) is 24.0 Å². The van der Waals surface area contributed by atoms with E-state index in [0.717, 1.165) is 18.5 Å². The van der Waals surface area contributed by atoms with Gasteiger partial charge in [-0.1, -0.05) is 56.3 Å². The Bertz CT molecular complexity index is 875. The smallest absolute Gasteiger partial charge is 0.254 e. The Kier molecular flexibility index (Phi) is 6.73. The highest BCUT2D eigenvalue weighted by molar-refractivity contribution is 5.93. The van der Waals surface area contributed by atoms with Gasteiger partial charge in [-0.25, -0.2) is 9.97 Å². The van der Waals surface area contributed by atoms with Crippen LogP contribution in [0.25, 0.3) is 0 Å². The average molecular weight is 374 g/mol. The van der Waals surface area contributed by atoms with Crippen molar-refractivity contribution < 1.29 is 4.79 Å². The van der Waals surface area contributed by atoms with Crippen LogP contribution in [0.15, 0.2) is 67.0 Å². The number of carbonyl (C=O) groups is 1. The number of rotatable bonds is 8. The highest BCUT2D eigenvalue weighted by Crippen LogP contribution is 2.18. The van der Waals surface area contributed by atoms with Gasteiger partial charge in [0.25, 0.3) is 5.91 Å². The molecule has 0 aliphatic heterocycles. The number of hydrogen-bond acceptors (Lipinski definition) is 4. The lowest BCUT2D eigenvalue weighted by Gasteiger charge is -2.09. The van der Waals surface area contributed by atoms with Crippen LogP contribution in [0.3, 0.4) is 0 Å². The predicted octanol–water partition coefficient (Wildman–Crippen LogP) is 4.71. The number of amides is 1. The summed E-state index contributed by atoms with van der Waals surface area (Å²) < 4.78 is 0. The van der Waals surface area contributed by atoms with Crippen molar-refractivity contribution in [2.45, 2.75) is 32.6 Å². The van der Waals surface area contributed by atoms with Crippen LogP contribution in [0.1, 0.15) is 47.7 Å². The lowest BCUT2D eigenvalue weighted by atomic mass is 10.0. The molecule has 1 amide bonds. The van der Waals surface area contributed by atoms with E-state index in [1.807, 2.05) is 30.3 Å². The number of aromatic nitrogens is 2. The molecule has 0 saturated carbocycles. The van der Waals surface area contributed by atoms with E-state index in [1.54, 1.807) is 12.4 Å². The first kappa shape index (κ1) is 19.5. The minimum absolute atomic E-state index is 0.152. The number of nitrogens with one attached hydrogen (secondary N) is 2. The second kappa shape index (κ2) is 9.65. The molecule has 0 spiro atoms. The van der Waals surface area contributed by atoms with Crippen LogP contribution in [-0.4, -0.2) is 22.4 Å². The van der Waals surface area contributed by atoms with E-state index >= 15 is 0 Å². The van der Waals surface area contributed by atoms with E-state index in [-0.39, 0.29) is 5.91 Å². The van der Waals surface area contributed by atoms with Gasteiger partial charge in [0.2, 0.25) is 5.95 Å². The van der Waals surface area contributed by atoms with Crippen molar-refractivity contribution in [2.75, 3.05) is 11.9 Å². The Morgan fingerprint density at radius 2 is 1.64 bits per heavy atom. The van der Waals surface area contributed by atoms with Crippen LogP contribution in [0.2, 0.25) is 0 Å². The fraction of sp³-hybridized carbons (Fsp3) is 0.261. The van der Waals surface area contributed by atoms with Crippen LogP contribution in [0.5, 0.6) is 0 Å². The number of aryl methyl sites for hydroxylation is 1. The Labute approximate surface area is 166 Å². The normalized spacial score (nSPS) is 10.7. The van der Waals surface area contributed by atoms with E-state index in [2.05, 4.69) is 58.7 Å². The molecule has 0 bridgehead atoms. The summed E-state index contributed by atoms with van der Waals surface area (Å²) in [4.78, 5) is 20.7. The fourth-order valence-corrected chi connectivity index (χ4v) is 2.83. The van der Waals surface area contributed by atoms with Crippen LogP contribution < -0.4 is 10.6 Å². The third-order valence-electron chi connectivity index (χ3n) is 4.52. The highest BCUT2D eigenvalue weighted by atomic mass is 16.1. The topological polar surface area (TPSA) is 66.9 Å². The van der Waals surface area contributed by atoms with E-state index < -0.39 is 0 Å². The molecule has 0 aliphatic rings. The van der Waals surface area contributed by atoms with Gasteiger partial charge in [0.1, 0.15) is 0 Å². The highest BCUT2D eigenvalue weighted by Gasteiger charge is 2.07. The van der Waals surface area contributed by atoms with Crippen molar-refractivity contribution >= 4 is 17.5 Å². The molecule has 2 aromatic carbocycles. The average Bonchev–Trinajstić information content (AvgIpc) is 2.73. The van der Waals surface area contributed by atoms with Crippen molar-refractivity contribution in [1.82, 2.24) is 15.3 Å². The van der Waals surface area contributed by atoms with E-state index in [9.17, 15) is 4.79 Å². The summed E-state index contributed by atoms with van der Waals surface area (Å²) >= 11 is 0. The van der Waals surface area contributed by atoms with Gasteiger partial charge in [-0.2, -0.15) is 0 Å². The predicted molar refractivity (Wildman–Crippen MR) is 113 cm³/mol. The molecule has 3 aromatic rings. The van der Waals surface area contributed by atoms with Gasteiger partial charge in [0.15, 0.2) is 0 Å². The fourth-order valence-electron chi connectivity index (χ4n) is 2.83. The van der Waals surface area contributed by atoms with Gasteiger partial charge in [0.05, 0.1) is 5.56 Å². The largest absolute Gasteiger partial charge is 0.352 e. The molecule has 0 fully saturated rings. The molecule has 5 heteroatoms. The third-order valence-corrected chi connectivity index (χ3v) is 4.52. The first-order valence-electron chi connectivity index (χ1n) is 9.63. The van der Waals surface area contributed by atoms with Crippen LogP contribution in [0, 0.1) is 0 Å². The molecule has 1 heterocycles. The second-order valence-corrected chi connectivity index (χ2v) is 7.04. The zero-order chi connectivity index (χ0) is 19.8. The van der Waals surface area contributed by atoms with Gasteiger partial charge < -0.3 is 10.6 Å². The molecular weight excluding hydrogens is 348 g/mol. The van der Waals surface area contributed by atoms with Crippen molar-refractivity contribution in [3.05, 3.63) is 83.7 Å². The minimum atomic E-state index is -0.152. The number of carbonyl (C=O) groups excluding carboxylic acids is 1. The van der Waals surface area contributed by atoms with Crippen molar-refractivity contribution in [1.29, 1.82) is 0 Å². The standard InChI is InChI=1S/C23H26N4O/c1-17(2)19-10-12-21(13-11-19)27-23-25-15-20(16-26-23)22(28)24-14-6-9-18-7-4-3-5-8-18/h3-5,7-8,10-13,15-17H,6,9,14H2,1-2H3,(H,24,28)(H,25,26,27). The number of hydrogen-bond donors (Lipinski definition) is 2. The molecule has 144 valence electrons. The molecule has 0 radical (unpaired) electrons. The molecular formula is C23H26N4O. The molecule has 28 heavy (non-hydrogen) atoms. The van der Waals surface area contributed by atoms with Crippen molar-refractivity contribution in [3.63, 3.8) is 0 Å². The number of nitrogens with zero attached hydrogens (tertiary/aromatic N) is 2. The SMILES string of the molecule is CC(C)c1ccc(Nc2ncc(C(=O)NCCCc3ccccc3)cn2)cc1. The summed E-state index contributed by atoms with van der Waals surface area (Å²) in [5, 5.41) is 6.07. The van der Waals surface area contributed by atoms with Gasteiger partial charge in [-0.3, -0.25) is 4.79 Å². The van der Waals surface area contributed by atoms with Crippen LogP contribution in [-0.2, 0) is 6.42 Å². The van der Waals surface area contributed by atoms with Gasteiger partial charge in [-0.15, -0.1) is 0 Å². The van der Waals surface area contributed by atoms with Gasteiger partial charge in [-0.05, 0) is 42.0 Å². The maximum Gasteiger partial charge on any atom is 0.254 e. The Morgan fingerprint density at radius 1 is 0.964 bits per heavy atom. The molecule has 0 saturated heterocycles. The maximum absolute atomic E-state index is 12.2. The van der Waals surface area contributed by atoms with Crippen LogP contribution in [0.4, 0.5) is 11.6 Å². The first-order chi connectivity index (χ1) is 13.6. The summed E-state index contributed by atoms with van der Waals surface area (Å²) in [6.45, 7) is 4.95. The van der Waals surface area contributed by atoms with Crippen LogP contribution >= 0.6 is 0 Å². The van der Waals surface area contributed by atoms with Crippen molar-refractivity contribution in [2.24, 2.45) is 0 Å². The minimum Gasteiger partial charge on any atom is -0.352 e. The molecule has 0 aliphatic carbocycles. The van der Waals surface area contributed by atoms with E-state index in [4.69, 9.17) is 0 Å². The zero-order valence-electron chi connectivity index (χ0n) is 16.4. The third kappa shape index (κ3) is 5.64. The molecule has 1 aromatic heterocycles. The maximum atomic E-state index is 12.2. The first-order valence-corrected chi connectivity index (χ1v) is 9.63. The Balaban J connectivity index is 1.47. The van der Waals surface area contributed by atoms with E-state index in [1.165, 1.54) is 11.1 Å². The zero-order valence-corrected chi connectivity index (χ0v) is 16.4. The Hall–Kier alpha value is -3.21. The molecule has 0 unspecified atom stereocenters. The number of anilines is 2. The molecule has 5 nitrogen and oxygen atoms in total. The lowest BCUT2D eigenvalue weighted by molar-refractivity contribution is 0.0952. The summed E-state index contributed by atoms with van der Waals surface area (Å²) in [5.41, 5.74) is 3.94. The molecule has 3 rings (SSSR count). The second-order valence-electron chi connectivity index (χ2n) is 7.04. The summed E-state index contributed by atoms with van der Waals surface area (Å²) in [6, 6.07) is 18.4. The lowest BCUT2D eigenvalue weighted by Crippen LogP contribution is -2.25. The quantitative estimate of drug-likeness (QED) is 0.561. The molecule has 2 N–H and O–H groups in total. The summed E-state index contributed by atoms with van der Waals surface area (Å²) in [6.07, 6.45) is 4.92. The van der Waals surface area contributed by atoms with Gasteiger partial charge >= 0.3 is 0 Å². The monoisotopic (exact) mass is 374 g/mol. The Morgan fingerprint density at radius 3 is 2.29 bits per heavy atom.